The molecule has 1 saturated carbocycles. The average molecular weight is 437 g/mol. The molecule has 0 spiro atoms. The third-order valence-electron chi connectivity index (χ3n) is 5.83. The van der Waals surface area contributed by atoms with Crippen LogP contribution in [0.25, 0.3) is 11.0 Å². The quantitative estimate of drug-likeness (QED) is 0.422. The summed E-state index contributed by atoms with van der Waals surface area (Å²) in [5.41, 5.74) is 9.95. The Bertz CT molecular complexity index is 1070. The van der Waals surface area contributed by atoms with Crippen LogP contribution in [0.5, 0.6) is 0 Å². The lowest BCUT2D eigenvalue weighted by molar-refractivity contribution is 0.126. The predicted molar refractivity (Wildman–Crippen MR) is 125 cm³/mol. The summed E-state index contributed by atoms with van der Waals surface area (Å²) in [6.45, 7) is 6.37. The highest BCUT2D eigenvalue weighted by Gasteiger charge is 2.39. The molecule has 2 amide bonds. The molecule has 1 aromatic carbocycles. The van der Waals surface area contributed by atoms with Gasteiger partial charge in [0.15, 0.2) is 5.82 Å². The van der Waals surface area contributed by atoms with Gasteiger partial charge in [-0.25, -0.2) is 14.8 Å². The van der Waals surface area contributed by atoms with Crippen LogP contribution in [0.2, 0.25) is 0 Å². The Morgan fingerprint density at radius 3 is 2.84 bits per heavy atom. The SMILES string of the molecule is CCOCc1nc2c(N)nc(C)cc2n1CCCCNC(=O)NC1C[C@H]1c1ccccc1. The smallest absolute Gasteiger partial charge is 0.315 e. The molecule has 4 N–H and O–H groups in total. The minimum absolute atomic E-state index is 0.0898. The normalized spacial score (nSPS) is 17.4. The monoisotopic (exact) mass is 436 g/mol. The molecule has 1 aliphatic carbocycles. The number of anilines is 1. The van der Waals surface area contributed by atoms with Crippen LogP contribution in [0.15, 0.2) is 36.4 Å². The molecule has 8 nitrogen and oxygen atoms in total. The van der Waals surface area contributed by atoms with Gasteiger partial charge in [0.1, 0.15) is 17.9 Å². The largest absolute Gasteiger partial charge is 0.382 e. The van der Waals surface area contributed by atoms with Crippen molar-refractivity contribution in [2.75, 3.05) is 18.9 Å². The second kappa shape index (κ2) is 9.99. The zero-order valence-corrected chi connectivity index (χ0v) is 18.8. The summed E-state index contributed by atoms with van der Waals surface area (Å²) in [5.74, 6) is 1.74. The molecule has 2 atom stereocenters. The zero-order valence-electron chi connectivity index (χ0n) is 18.8. The highest BCUT2D eigenvalue weighted by molar-refractivity contribution is 5.85. The molecule has 170 valence electrons. The number of nitrogens with one attached hydrogen (secondary N) is 2. The van der Waals surface area contributed by atoms with E-state index in [9.17, 15) is 4.79 Å². The second-order valence-corrected chi connectivity index (χ2v) is 8.30. The average Bonchev–Trinajstić information content (AvgIpc) is 3.46. The standard InChI is InChI=1S/C24H32N6O2/c1-3-32-15-21-29-22-20(13-16(2)27-23(22)25)30(21)12-8-7-11-26-24(31)28-19-14-18(19)17-9-5-4-6-10-17/h4-6,9-10,13,18-19H,3,7-8,11-12,14-15H2,1-2H3,(H2,25,27)(H2,26,28,31)/t18-,19?/m0/s1. The van der Waals surface area contributed by atoms with Crippen molar-refractivity contribution in [3.63, 3.8) is 0 Å². The number of ether oxygens (including phenoxy) is 1. The number of aromatic nitrogens is 3. The lowest BCUT2D eigenvalue weighted by atomic mass is 10.1. The number of imidazole rings is 1. The number of aryl methyl sites for hydroxylation is 2. The number of carbonyl (C=O) groups is 1. The Labute approximate surface area is 188 Å². The fourth-order valence-corrected chi connectivity index (χ4v) is 4.11. The van der Waals surface area contributed by atoms with Crippen LogP contribution in [-0.4, -0.2) is 39.8 Å². The number of nitrogens with two attached hydrogens (primary N) is 1. The summed E-state index contributed by atoms with van der Waals surface area (Å²) < 4.78 is 7.75. The van der Waals surface area contributed by atoms with Crippen LogP contribution >= 0.6 is 0 Å². The Morgan fingerprint density at radius 2 is 2.06 bits per heavy atom. The number of fused-ring (bicyclic) bond motifs is 1. The molecule has 8 heteroatoms. The van der Waals surface area contributed by atoms with Crippen molar-refractivity contribution in [1.29, 1.82) is 0 Å². The lowest BCUT2D eigenvalue weighted by Gasteiger charge is -2.11. The third-order valence-corrected chi connectivity index (χ3v) is 5.83. The summed E-state index contributed by atoms with van der Waals surface area (Å²) in [6.07, 6.45) is 2.78. The van der Waals surface area contributed by atoms with Crippen LogP contribution in [-0.2, 0) is 17.9 Å². The number of nitrogens with zero attached hydrogens (tertiary/aromatic N) is 3. The first kappa shape index (κ1) is 22.1. The van der Waals surface area contributed by atoms with E-state index in [2.05, 4.69) is 37.3 Å². The van der Waals surface area contributed by atoms with Gasteiger partial charge in [0, 0.05) is 37.4 Å². The van der Waals surface area contributed by atoms with E-state index in [-0.39, 0.29) is 12.1 Å². The van der Waals surface area contributed by atoms with Gasteiger partial charge in [-0.2, -0.15) is 0 Å². The molecule has 32 heavy (non-hydrogen) atoms. The number of unbranched alkanes of at least 4 members (excludes halogenated alkanes) is 1. The molecule has 0 bridgehead atoms. The summed E-state index contributed by atoms with van der Waals surface area (Å²) in [7, 11) is 0. The van der Waals surface area contributed by atoms with Crippen LogP contribution in [0.3, 0.4) is 0 Å². The predicted octanol–water partition coefficient (Wildman–Crippen LogP) is 3.49. The molecule has 0 saturated heterocycles. The Balaban J connectivity index is 1.25. The Kier molecular flexibility index (Phi) is 6.90. The van der Waals surface area contributed by atoms with Crippen molar-refractivity contribution in [3.8, 4) is 0 Å². The number of pyridine rings is 1. The maximum atomic E-state index is 12.2. The molecule has 4 rings (SSSR count). The van der Waals surface area contributed by atoms with Crippen molar-refractivity contribution in [2.45, 2.75) is 58.2 Å². The van der Waals surface area contributed by atoms with Gasteiger partial charge in [0.05, 0.1) is 5.52 Å². The number of carbonyl (C=O) groups excluding carboxylic acids is 1. The molecule has 0 aliphatic heterocycles. The Hall–Kier alpha value is -3.13. The number of rotatable bonds is 10. The van der Waals surface area contributed by atoms with E-state index in [4.69, 9.17) is 10.5 Å². The van der Waals surface area contributed by atoms with E-state index in [1.54, 1.807) is 0 Å². The van der Waals surface area contributed by atoms with Gasteiger partial charge in [0.2, 0.25) is 0 Å². The second-order valence-electron chi connectivity index (χ2n) is 8.30. The van der Waals surface area contributed by atoms with E-state index < -0.39 is 0 Å². The van der Waals surface area contributed by atoms with Gasteiger partial charge in [-0.15, -0.1) is 0 Å². The molecular weight excluding hydrogens is 404 g/mol. The fourth-order valence-electron chi connectivity index (χ4n) is 4.11. The van der Waals surface area contributed by atoms with Crippen molar-refractivity contribution < 1.29 is 9.53 Å². The molecule has 1 fully saturated rings. The van der Waals surface area contributed by atoms with Crippen molar-refractivity contribution >= 4 is 22.9 Å². The first-order valence-electron chi connectivity index (χ1n) is 11.4. The molecule has 2 heterocycles. The van der Waals surface area contributed by atoms with Gasteiger partial charge in [-0.05, 0) is 44.7 Å². The third kappa shape index (κ3) is 5.19. The molecular formula is C24H32N6O2. The summed E-state index contributed by atoms with van der Waals surface area (Å²) in [5, 5.41) is 6.05. The first-order chi connectivity index (χ1) is 15.6. The number of urea groups is 1. The minimum atomic E-state index is -0.0898. The fraction of sp³-hybridized carbons (Fsp3) is 0.458. The Morgan fingerprint density at radius 1 is 1.25 bits per heavy atom. The van der Waals surface area contributed by atoms with Crippen LogP contribution in [0.1, 0.15) is 49.2 Å². The van der Waals surface area contributed by atoms with Gasteiger partial charge in [-0.1, -0.05) is 30.3 Å². The van der Waals surface area contributed by atoms with Crippen molar-refractivity contribution in [3.05, 3.63) is 53.5 Å². The molecule has 0 radical (unpaired) electrons. The lowest BCUT2D eigenvalue weighted by Crippen LogP contribution is -2.37. The number of hydrogen-bond donors (Lipinski definition) is 3. The zero-order chi connectivity index (χ0) is 22.5. The maximum absolute atomic E-state index is 12.2. The maximum Gasteiger partial charge on any atom is 0.315 e. The highest BCUT2D eigenvalue weighted by Crippen LogP contribution is 2.40. The van der Waals surface area contributed by atoms with E-state index in [0.717, 1.165) is 48.4 Å². The molecule has 3 aromatic rings. The molecule has 2 aromatic heterocycles. The number of amides is 2. The first-order valence-corrected chi connectivity index (χ1v) is 11.4. The molecule has 1 unspecified atom stereocenters. The topological polar surface area (TPSA) is 107 Å². The van der Waals surface area contributed by atoms with Crippen molar-refractivity contribution in [2.24, 2.45) is 0 Å². The van der Waals surface area contributed by atoms with Gasteiger partial charge >= 0.3 is 6.03 Å². The van der Waals surface area contributed by atoms with Crippen molar-refractivity contribution in [1.82, 2.24) is 25.2 Å². The van der Waals surface area contributed by atoms with Crippen LogP contribution < -0.4 is 16.4 Å². The van der Waals surface area contributed by atoms with Crippen LogP contribution in [0, 0.1) is 6.92 Å². The number of nitrogen functional groups attached to an aromatic ring is 1. The van der Waals surface area contributed by atoms with E-state index >= 15 is 0 Å². The number of benzene rings is 1. The van der Waals surface area contributed by atoms with E-state index in [1.165, 1.54) is 5.56 Å². The number of hydrogen-bond acceptors (Lipinski definition) is 5. The van der Waals surface area contributed by atoms with Gasteiger partial charge in [0.25, 0.3) is 0 Å². The van der Waals surface area contributed by atoms with Gasteiger partial charge < -0.3 is 25.7 Å². The minimum Gasteiger partial charge on any atom is -0.382 e. The van der Waals surface area contributed by atoms with Crippen LogP contribution in [0.4, 0.5) is 10.6 Å². The van der Waals surface area contributed by atoms with E-state index in [0.29, 0.717) is 31.5 Å². The summed E-state index contributed by atoms with van der Waals surface area (Å²) >= 11 is 0. The van der Waals surface area contributed by atoms with Gasteiger partial charge in [-0.3, -0.25) is 0 Å². The van der Waals surface area contributed by atoms with E-state index in [1.807, 2.05) is 38.1 Å². The summed E-state index contributed by atoms with van der Waals surface area (Å²) in [4.78, 5) is 21.2. The summed E-state index contributed by atoms with van der Waals surface area (Å²) in [6, 6.07) is 12.5. The highest BCUT2D eigenvalue weighted by atomic mass is 16.5. The molecule has 1 aliphatic rings.